The van der Waals surface area contributed by atoms with Crippen molar-refractivity contribution in [3.63, 3.8) is 0 Å². The normalized spacial score (nSPS) is 13.2. The van der Waals surface area contributed by atoms with Crippen LogP contribution in [0.15, 0.2) is 42.5 Å². The van der Waals surface area contributed by atoms with E-state index in [1.807, 2.05) is 32.0 Å². The Hall–Kier alpha value is -1.48. The Morgan fingerprint density at radius 3 is 2.29 bits per heavy atom. The second kappa shape index (κ2) is 6.10. The molecule has 1 atom stereocenters. The van der Waals surface area contributed by atoms with Crippen LogP contribution in [0.3, 0.4) is 0 Å². The lowest BCUT2D eigenvalue weighted by Crippen LogP contribution is -2.11. The molecule has 0 spiro atoms. The summed E-state index contributed by atoms with van der Waals surface area (Å²) < 4.78 is 39.0. The molecule has 0 amide bonds. The zero-order valence-electron chi connectivity index (χ0n) is 11.8. The van der Waals surface area contributed by atoms with Crippen LogP contribution < -0.4 is 0 Å². The van der Waals surface area contributed by atoms with Crippen molar-refractivity contribution in [2.45, 2.75) is 31.8 Å². The second-order valence-corrected chi connectivity index (χ2v) is 5.70. The van der Waals surface area contributed by atoms with E-state index in [-0.39, 0.29) is 5.56 Å². The first kappa shape index (κ1) is 15.9. The predicted octanol–water partition coefficient (Wildman–Crippen LogP) is 5.84. The molecule has 2 aromatic rings. The minimum absolute atomic E-state index is 0.130. The Balaban J connectivity index is 2.28. The Kier molecular flexibility index (Phi) is 4.62. The molecule has 21 heavy (non-hydrogen) atoms. The van der Waals surface area contributed by atoms with E-state index in [9.17, 15) is 13.2 Å². The van der Waals surface area contributed by atoms with Gasteiger partial charge in [-0.05, 0) is 48.6 Å². The first-order valence-corrected chi connectivity index (χ1v) is 7.09. The Labute approximate surface area is 127 Å². The molecular weight excluding hydrogens is 297 g/mol. The van der Waals surface area contributed by atoms with Gasteiger partial charge in [-0.1, -0.05) is 36.4 Å². The highest BCUT2D eigenvalue weighted by Gasteiger charge is 2.34. The molecule has 1 unspecified atom stereocenters. The highest BCUT2D eigenvalue weighted by atomic mass is 35.5. The van der Waals surface area contributed by atoms with Gasteiger partial charge in [-0.3, -0.25) is 0 Å². The van der Waals surface area contributed by atoms with Crippen LogP contribution >= 0.6 is 11.6 Å². The number of halogens is 4. The SMILES string of the molecule is Cc1ccc(CC(Cl)c2ccccc2C(F)(F)F)cc1C. The molecule has 0 radical (unpaired) electrons. The summed E-state index contributed by atoms with van der Waals surface area (Å²) in [5.41, 5.74) is 2.68. The van der Waals surface area contributed by atoms with Crippen LogP contribution in [0.1, 0.15) is 33.2 Å². The van der Waals surface area contributed by atoms with E-state index < -0.39 is 17.1 Å². The van der Waals surface area contributed by atoms with E-state index in [4.69, 9.17) is 11.6 Å². The standard InChI is InChI=1S/C17H16ClF3/c1-11-7-8-13(9-12(11)2)10-16(18)14-5-3-4-6-15(14)17(19,20)21/h3-9,16H,10H2,1-2H3. The number of aryl methyl sites for hydroxylation is 2. The van der Waals surface area contributed by atoms with Gasteiger partial charge in [0.1, 0.15) is 0 Å². The van der Waals surface area contributed by atoms with Crippen LogP contribution in [-0.4, -0.2) is 0 Å². The van der Waals surface area contributed by atoms with Crippen LogP contribution in [0, 0.1) is 13.8 Å². The van der Waals surface area contributed by atoms with Crippen LogP contribution in [0.25, 0.3) is 0 Å². The van der Waals surface area contributed by atoms with Crippen molar-refractivity contribution in [1.82, 2.24) is 0 Å². The van der Waals surface area contributed by atoms with Crippen molar-refractivity contribution in [2.24, 2.45) is 0 Å². The largest absolute Gasteiger partial charge is 0.416 e. The Bertz CT molecular complexity index is 632. The van der Waals surface area contributed by atoms with Gasteiger partial charge in [0, 0.05) is 0 Å². The maximum atomic E-state index is 13.0. The van der Waals surface area contributed by atoms with Gasteiger partial charge in [0.05, 0.1) is 10.9 Å². The van der Waals surface area contributed by atoms with Crippen molar-refractivity contribution < 1.29 is 13.2 Å². The van der Waals surface area contributed by atoms with Crippen LogP contribution in [0.2, 0.25) is 0 Å². The molecule has 0 N–H and O–H groups in total. The van der Waals surface area contributed by atoms with Gasteiger partial charge >= 0.3 is 6.18 Å². The van der Waals surface area contributed by atoms with Crippen molar-refractivity contribution in [1.29, 1.82) is 0 Å². The summed E-state index contributed by atoms with van der Waals surface area (Å²) in [4.78, 5) is 0. The molecule has 2 aromatic carbocycles. The van der Waals surface area contributed by atoms with E-state index >= 15 is 0 Å². The van der Waals surface area contributed by atoms with Crippen LogP contribution in [0.5, 0.6) is 0 Å². The molecule has 0 aliphatic rings. The van der Waals surface area contributed by atoms with Gasteiger partial charge in [0.2, 0.25) is 0 Å². The molecular formula is C17H16ClF3. The lowest BCUT2D eigenvalue weighted by molar-refractivity contribution is -0.138. The monoisotopic (exact) mass is 312 g/mol. The zero-order chi connectivity index (χ0) is 15.6. The van der Waals surface area contributed by atoms with Gasteiger partial charge < -0.3 is 0 Å². The number of alkyl halides is 4. The lowest BCUT2D eigenvalue weighted by Gasteiger charge is -2.17. The molecule has 0 aromatic heterocycles. The molecule has 0 aliphatic carbocycles. The molecule has 112 valence electrons. The zero-order valence-corrected chi connectivity index (χ0v) is 12.6. The highest BCUT2D eigenvalue weighted by Crippen LogP contribution is 2.37. The summed E-state index contributed by atoms with van der Waals surface area (Å²) in [7, 11) is 0. The first-order valence-electron chi connectivity index (χ1n) is 6.65. The van der Waals surface area contributed by atoms with Gasteiger partial charge in [-0.2, -0.15) is 13.2 Å². The molecule has 0 aliphatic heterocycles. The second-order valence-electron chi connectivity index (χ2n) is 5.18. The molecule has 0 nitrogen and oxygen atoms in total. The van der Waals surface area contributed by atoms with Crippen molar-refractivity contribution in [3.8, 4) is 0 Å². The minimum atomic E-state index is -4.38. The molecule has 0 bridgehead atoms. The Morgan fingerprint density at radius 2 is 1.67 bits per heavy atom. The Morgan fingerprint density at radius 1 is 1.00 bits per heavy atom. The van der Waals surface area contributed by atoms with E-state index in [0.29, 0.717) is 6.42 Å². The topological polar surface area (TPSA) is 0 Å². The van der Waals surface area contributed by atoms with Gasteiger partial charge in [0.15, 0.2) is 0 Å². The van der Waals surface area contributed by atoms with Gasteiger partial charge in [-0.15, -0.1) is 11.6 Å². The van der Waals surface area contributed by atoms with Crippen molar-refractivity contribution >= 4 is 11.6 Å². The molecule has 0 saturated carbocycles. The molecule has 2 rings (SSSR count). The summed E-state index contributed by atoms with van der Waals surface area (Å²) >= 11 is 6.24. The fraction of sp³-hybridized carbons (Fsp3) is 0.294. The maximum Gasteiger partial charge on any atom is 0.416 e. The molecule has 4 heteroatoms. The van der Waals surface area contributed by atoms with E-state index in [1.54, 1.807) is 6.07 Å². The third-order valence-corrected chi connectivity index (χ3v) is 3.98. The van der Waals surface area contributed by atoms with Crippen LogP contribution in [0.4, 0.5) is 13.2 Å². The fourth-order valence-corrected chi connectivity index (χ4v) is 2.64. The quantitative estimate of drug-likeness (QED) is 0.624. The number of hydrogen-bond donors (Lipinski definition) is 0. The van der Waals surface area contributed by atoms with Gasteiger partial charge in [-0.25, -0.2) is 0 Å². The summed E-state index contributed by atoms with van der Waals surface area (Å²) in [5.74, 6) is 0. The number of hydrogen-bond acceptors (Lipinski definition) is 0. The summed E-state index contributed by atoms with van der Waals surface area (Å²) in [5, 5.41) is -0.704. The third kappa shape index (κ3) is 3.79. The minimum Gasteiger partial charge on any atom is -0.166 e. The summed E-state index contributed by atoms with van der Waals surface area (Å²) in [6.07, 6.45) is -4.01. The van der Waals surface area contributed by atoms with E-state index in [1.165, 1.54) is 12.1 Å². The van der Waals surface area contributed by atoms with Gasteiger partial charge in [0.25, 0.3) is 0 Å². The van der Waals surface area contributed by atoms with E-state index in [2.05, 4.69) is 0 Å². The van der Waals surface area contributed by atoms with E-state index in [0.717, 1.165) is 22.8 Å². The fourth-order valence-electron chi connectivity index (χ4n) is 2.28. The predicted molar refractivity (Wildman–Crippen MR) is 79.7 cm³/mol. The molecule has 0 fully saturated rings. The molecule has 0 heterocycles. The van der Waals surface area contributed by atoms with Crippen molar-refractivity contribution in [2.75, 3.05) is 0 Å². The number of rotatable bonds is 3. The summed E-state index contributed by atoms with van der Waals surface area (Å²) in [6.45, 7) is 3.97. The highest BCUT2D eigenvalue weighted by molar-refractivity contribution is 6.21. The van der Waals surface area contributed by atoms with Crippen LogP contribution in [-0.2, 0) is 12.6 Å². The number of benzene rings is 2. The summed E-state index contributed by atoms with van der Waals surface area (Å²) in [6, 6.07) is 11.3. The average molecular weight is 313 g/mol. The maximum absolute atomic E-state index is 13.0. The average Bonchev–Trinajstić information content (AvgIpc) is 2.42. The lowest BCUT2D eigenvalue weighted by atomic mass is 9.97. The first-order chi connectivity index (χ1) is 9.79. The molecule has 0 saturated heterocycles. The third-order valence-electron chi connectivity index (χ3n) is 3.59. The smallest absolute Gasteiger partial charge is 0.166 e. The van der Waals surface area contributed by atoms with Crippen molar-refractivity contribution in [3.05, 3.63) is 70.3 Å².